The molecule has 0 bridgehead atoms. The fourth-order valence-electron chi connectivity index (χ4n) is 1.05. The summed E-state index contributed by atoms with van der Waals surface area (Å²) in [5.41, 5.74) is -1.47. The summed E-state index contributed by atoms with van der Waals surface area (Å²) in [4.78, 5) is 13.4. The van der Waals surface area contributed by atoms with Crippen LogP contribution >= 0.6 is 34.2 Å². The molecular weight excluding hydrogens is 344 g/mol. The van der Waals surface area contributed by atoms with Gasteiger partial charge in [0.15, 0.2) is 0 Å². The molecule has 15 heavy (non-hydrogen) atoms. The van der Waals surface area contributed by atoms with Gasteiger partial charge < -0.3 is 0 Å². The van der Waals surface area contributed by atoms with Crippen molar-refractivity contribution in [2.24, 2.45) is 0 Å². The first-order valence-corrected chi connectivity index (χ1v) is 5.26. The highest BCUT2D eigenvalue weighted by atomic mass is 127. The van der Waals surface area contributed by atoms with Gasteiger partial charge in [-0.3, -0.25) is 10.1 Å². The molecule has 0 fully saturated rings. The van der Waals surface area contributed by atoms with E-state index in [2.05, 4.69) is 4.98 Å². The van der Waals surface area contributed by atoms with E-state index in [1.165, 1.54) is 0 Å². The molecule has 0 N–H and O–H groups in total. The zero-order valence-corrected chi connectivity index (χ0v) is 10.00. The molecule has 1 heterocycles. The minimum absolute atomic E-state index is 0.135. The van der Waals surface area contributed by atoms with Crippen molar-refractivity contribution in [1.82, 2.24) is 4.98 Å². The molecule has 0 aliphatic heterocycles. The number of rotatable bonds is 3. The summed E-state index contributed by atoms with van der Waals surface area (Å²) in [6, 6.07) is 0.986. The second-order valence-corrected chi connectivity index (χ2v) is 3.89. The van der Waals surface area contributed by atoms with Crippen LogP contribution in [0.1, 0.15) is 17.7 Å². The third kappa shape index (κ3) is 2.71. The number of nitro groups is 1. The zero-order valence-electron chi connectivity index (χ0n) is 7.08. The van der Waals surface area contributed by atoms with Crippen molar-refractivity contribution < 1.29 is 13.7 Å². The van der Waals surface area contributed by atoms with Crippen molar-refractivity contribution in [3.63, 3.8) is 0 Å². The maximum absolute atomic E-state index is 12.5. The Kier molecular flexibility index (Phi) is 4.14. The predicted molar refractivity (Wildman–Crippen MR) is 58.1 cm³/mol. The number of hydrogen-bond acceptors (Lipinski definition) is 3. The highest BCUT2D eigenvalue weighted by Crippen LogP contribution is 2.32. The van der Waals surface area contributed by atoms with Crippen molar-refractivity contribution in [3.8, 4) is 0 Å². The molecule has 4 nitrogen and oxygen atoms in total. The average Bonchev–Trinajstić information content (AvgIpc) is 2.15. The van der Waals surface area contributed by atoms with Gasteiger partial charge >= 0.3 is 5.69 Å². The van der Waals surface area contributed by atoms with Crippen LogP contribution in [0, 0.1) is 13.8 Å². The standard InChI is InChI=1S/C7H4ClF2IN2O2/c8-2-4-6(13(14)15)3(7(9)10)1-5(11)12-4/h1,7H,2H2. The van der Waals surface area contributed by atoms with Crippen LogP contribution in [0.25, 0.3) is 0 Å². The fourth-order valence-corrected chi connectivity index (χ4v) is 1.86. The third-order valence-electron chi connectivity index (χ3n) is 1.61. The zero-order chi connectivity index (χ0) is 11.6. The van der Waals surface area contributed by atoms with Gasteiger partial charge in [0.1, 0.15) is 15.0 Å². The largest absolute Gasteiger partial charge is 0.300 e. The second-order valence-electron chi connectivity index (χ2n) is 2.52. The lowest BCUT2D eigenvalue weighted by atomic mass is 10.2. The lowest BCUT2D eigenvalue weighted by Crippen LogP contribution is -2.04. The van der Waals surface area contributed by atoms with E-state index in [4.69, 9.17) is 11.6 Å². The number of pyridine rings is 1. The molecule has 0 saturated carbocycles. The van der Waals surface area contributed by atoms with E-state index in [9.17, 15) is 18.9 Å². The topological polar surface area (TPSA) is 56.0 Å². The molecular formula is C7H4ClF2IN2O2. The van der Waals surface area contributed by atoms with E-state index < -0.39 is 22.6 Å². The predicted octanol–water partition coefficient (Wildman–Crippen LogP) is 3.27. The number of alkyl halides is 3. The quantitative estimate of drug-likeness (QED) is 0.277. The molecule has 1 aromatic rings. The number of aromatic nitrogens is 1. The number of halogens is 4. The van der Waals surface area contributed by atoms with E-state index in [1.54, 1.807) is 22.6 Å². The highest BCUT2D eigenvalue weighted by molar-refractivity contribution is 14.1. The lowest BCUT2D eigenvalue weighted by molar-refractivity contribution is -0.387. The molecule has 0 amide bonds. The monoisotopic (exact) mass is 348 g/mol. The van der Waals surface area contributed by atoms with Gasteiger partial charge in [-0.1, -0.05) is 0 Å². The minimum Gasteiger partial charge on any atom is -0.258 e. The maximum atomic E-state index is 12.5. The first-order chi connectivity index (χ1) is 6.97. The van der Waals surface area contributed by atoms with Crippen LogP contribution in [0.15, 0.2) is 6.07 Å². The summed E-state index contributed by atoms with van der Waals surface area (Å²) in [7, 11) is 0. The summed E-state index contributed by atoms with van der Waals surface area (Å²) in [5, 5.41) is 10.6. The normalized spacial score (nSPS) is 10.7. The van der Waals surface area contributed by atoms with E-state index in [0.29, 0.717) is 0 Å². The van der Waals surface area contributed by atoms with Crippen molar-refractivity contribution >= 4 is 39.9 Å². The Hall–Kier alpha value is -0.570. The van der Waals surface area contributed by atoms with E-state index >= 15 is 0 Å². The Balaban J connectivity index is 3.47. The lowest BCUT2D eigenvalue weighted by Gasteiger charge is -2.05. The molecule has 0 radical (unpaired) electrons. The van der Waals surface area contributed by atoms with Crippen LogP contribution in [0.5, 0.6) is 0 Å². The average molecular weight is 348 g/mol. The van der Waals surface area contributed by atoms with E-state index in [1.807, 2.05) is 0 Å². The molecule has 1 rings (SSSR count). The van der Waals surface area contributed by atoms with Gasteiger partial charge in [0.25, 0.3) is 6.43 Å². The Morgan fingerprint density at radius 2 is 2.27 bits per heavy atom. The first-order valence-electron chi connectivity index (χ1n) is 3.65. The number of nitrogens with zero attached hydrogens (tertiary/aromatic N) is 2. The molecule has 0 saturated heterocycles. The molecule has 0 spiro atoms. The Labute approximate surface area is 102 Å². The Bertz CT molecular complexity index is 403. The second kappa shape index (κ2) is 4.97. The minimum atomic E-state index is -2.91. The highest BCUT2D eigenvalue weighted by Gasteiger charge is 2.27. The Morgan fingerprint density at radius 1 is 1.67 bits per heavy atom. The molecule has 0 unspecified atom stereocenters. The molecule has 1 aromatic heterocycles. The Morgan fingerprint density at radius 3 is 2.67 bits per heavy atom. The summed E-state index contributed by atoms with van der Waals surface area (Å²) in [6.07, 6.45) is -2.91. The summed E-state index contributed by atoms with van der Waals surface area (Å²) >= 11 is 7.11. The van der Waals surface area contributed by atoms with Gasteiger partial charge in [-0.05, 0) is 28.7 Å². The molecule has 8 heteroatoms. The van der Waals surface area contributed by atoms with Gasteiger partial charge in [-0.2, -0.15) is 0 Å². The van der Waals surface area contributed by atoms with Crippen LogP contribution < -0.4 is 0 Å². The molecule has 0 aliphatic rings. The molecule has 0 atom stereocenters. The van der Waals surface area contributed by atoms with E-state index in [-0.39, 0.29) is 15.3 Å². The fraction of sp³-hybridized carbons (Fsp3) is 0.286. The van der Waals surface area contributed by atoms with Gasteiger partial charge in [-0.15, -0.1) is 11.6 Å². The third-order valence-corrected chi connectivity index (χ3v) is 2.41. The maximum Gasteiger partial charge on any atom is 0.300 e. The van der Waals surface area contributed by atoms with Crippen LogP contribution in [0.4, 0.5) is 14.5 Å². The summed E-state index contributed by atoms with van der Waals surface area (Å²) in [6.45, 7) is 0. The van der Waals surface area contributed by atoms with Crippen molar-refractivity contribution in [3.05, 3.63) is 31.1 Å². The van der Waals surface area contributed by atoms with Crippen molar-refractivity contribution in [1.29, 1.82) is 0 Å². The van der Waals surface area contributed by atoms with Crippen LogP contribution in [0.2, 0.25) is 0 Å². The van der Waals surface area contributed by atoms with E-state index in [0.717, 1.165) is 6.07 Å². The molecule has 0 aliphatic carbocycles. The van der Waals surface area contributed by atoms with Crippen LogP contribution in [-0.4, -0.2) is 9.91 Å². The van der Waals surface area contributed by atoms with Gasteiger partial charge in [-0.25, -0.2) is 13.8 Å². The van der Waals surface area contributed by atoms with Crippen LogP contribution in [-0.2, 0) is 5.88 Å². The number of hydrogen-bond donors (Lipinski definition) is 0. The molecule has 0 aromatic carbocycles. The van der Waals surface area contributed by atoms with Gasteiger partial charge in [0.05, 0.1) is 10.8 Å². The van der Waals surface area contributed by atoms with Crippen LogP contribution in [0.3, 0.4) is 0 Å². The smallest absolute Gasteiger partial charge is 0.258 e. The van der Waals surface area contributed by atoms with Crippen molar-refractivity contribution in [2.45, 2.75) is 12.3 Å². The molecule has 82 valence electrons. The van der Waals surface area contributed by atoms with Gasteiger partial charge in [0, 0.05) is 0 Å². The first kappa shape index (κ1) is 12.5. The van der Waals surface area contributed by atoms with Crippen molar-refractivity contribution in [2.75, 3.05) is 0 Å². The summed E-state index contributed by atoms with van der Waals surface area (Å²) < 4.78 is 25.3. The SMILES string of the molecule is O=[N+]([O-])c1c(C(F)F)cc(I)nc1CCl. The van der Waals surface area contributed by atoms with Gasteiger partial charge in [0.2, 0.25) is 0 Å². The summed E-state index contributed by atoms with van der Waals surface area (Å²) in [5.74, 6) is -0.271.